The predicted molar refractivity (Wildman–Crippen MR) is 111 cm³/mol. The Hall–Kier alpha value is -1.58. The van der Waals surface area contributed by atoms with Gasteiger partial charge in [0, 0.05) is 35.6 Å². The summed E-state index contributed by atoms with van der Waals surface area (Å²) in [5.41, 5.74) is 10.4. The molecule has 144 valence electrons. The molecule has 4 unspecified atom stereocenters. The zero-order chi connectivity index (χ0) is 19.3. The van der Waals surface area contributed by atoms with Crippen LogP contribution in [0.2, 0.25) is 5.02 Å². The van der Waals surface area contributed by atoms with Gasteiger partial charge >= 0.3 is 0 Å². The lowest BCUT2D eigenvalue weighted by Crippen LogP contribution is -2.36. The molecule has 4 rings (SSSR count). The molecule has 1 heterocycles. The van der Waals surface area contributed by atoms with Crippen molar-refractivity contribution in [3.63, 3.8) is 0 Å². The molecule has 1 saturated heterocycles. The first kappa shape index (κ1) is 18.8. The smallest absolute Gasteiger partial charge is 0.145 e. The largest absolute Gasteiger partial charge is 0.398 e. The second-order valence-electron chi connectivity index (χ2n) is 8.17. The van der Waals surface area contributed by atoms with Crippen molar-refractivity contribution in [3.05, 3.63) is 63.9 Å². The third-order valence-corrected chi connectivity index (χ3v) is 6.89. The highest BCUT2D eigenvalue weighted by Gasteiger charge is 2.51. The molecular weight excluding hydrogens is 359 g/mol. The van der Waals surface area contributed by atoms with Gasteiger partial charge in [0.25, 0.3) is 0 Å². The Kier molecular flexibility index (Phi) is 4.94. The van der Waals surface area contributed by atoms with Gasteiger partial charge in [-0.3, -0.25) is 4.90 Å². The van der Waals surface area contributed by atoms with Crippen molar-refractivity contribution in [2.75, 3.05) is 5.73 Å². The summed E-state index contributed by atoms with van der Waals surface area (Å²) >= 11 is 6.14. The Morgan fingerprint density at radius 1 is 1.07 bits per heavy atom. The SMILES string of the molecule is CCc1ccc(C2C(c3cccc(Cl)c3F)C(C)N(C3CC3)C2C)c(N)c1. The number of anilines is 1. The maximum Gasteiger partial charge on any atom is 0.145 e. The van der Waals surface area contributed by atoms with Gasteiger partial charge in [0.15, 0.2) is 0 Å². The van der Waals surface area contributed by atoms with Crippen molar-refractivity contribution in [1.82, 2.24) is 4.90 Å². The van der Waals surface area contributed by atoms with E-state index in [1.54, 1.807) is 6.07 Å². The standard InChI is InChI=1S/C23H28ClFN2/c1-4-15-8-11-17(20(26)12-15)21-13(2)27(16-9-10-16)14(3)22(21)18-6-5-7-19(24)23(18)25/h5-8,11-14,16,21-22H,4,9-10,26H2,1-3H3. The molecule has 0 amide bonds. The summed E-state index contributed by atoms with van der Waals surface area (Å²) in [6.07, 6.45) is 3.43. The van der Waals surface area contributed by atoms with Gasteiger partial charge in [-0.15, -0.1) is 0 Å². The number of benzene rings is 2. The summed E-state index contributed by atoms with van der Waals surface area (Å²) in [5.74, 6) is -0.0943. The molecule has 2 aromatic rings. The molecule has 1 aliphatic carbocycles. The van der Waals surface area contributed by atoms with Gasteiger partial charge in [0.05, 0.1) is 5.02 Å². The zero-order valence-corrected chi connectivity index (χ0v) is 17.0. The number of nitrogens with two attached hydrogens (primary N) is 1. The fraction of sp³-hybridized carbons (Fsp3) is 0.478. The van der Waals surface area contributed by atoms with Crippen LogP contribution in [0.4, 0.5) is 10.1 Å². The molecule has 2 aliphatic rings. The number of likely N-dealkylation sites (tertiary alicyclic amines) is 1. The first-order chi connectivity index (χ1) is 12.9. The third kappa shape index (κ3) is 3.15. The second-order valence-corrected chi connectivity index (χ2v) is 8.58. The van der Waals surface area contributed by atoms with Crippen LogP contribution < -0.4 is 5.73 Å². The van der Waals surface area contributed by atoms with E-state index in [4.69, 9.17) is 17.3 Å². The molecule has 27 heavy (non-hydrogen) atoms. The van der Waals surface area contributed by atoms with E-state index in [1.807, 2.05) is 12.1 Å². The third-order valence-electron chi connectivity index (χ3n) is 6.59. The fourth-order valence-electron chi connectivity index (χ4n) is 5.21. The van der Waals surface area contributed by atoms with Crippen LogP contribution in [0.15, 0.2) is 36.4 Å². The van der Waals surface area contributed by atoms with Crippen molar-refractivity contribution >= 4 is 17.3 Å². The van der Waals surface area contributed by atoms with Crippen LogP contribution in [0, 0.1) is 5.82 Å². The van der Waals surface area contributed by atoms with Gasteiger partial charge in [-0.1, -0.05) is 42.8 Å². The number of aryl methyl sites for hydroxylation is 1. The molecule has 2 nitrogen and oxygen atoms in total. The molecule has 0 radical (unpaired) electrons. The van der Waals surface area contributed by atoms with Crippen molar-refractivity contribution < 1.29 is 4.39 Å². The van der Waals surface area contributed by atoms with Crippen molar-refractivity contribution in [2.24, 2.45) is 0 Å². The Morgan fingerprint density at radius 3 is 2.33 bits per heavy atom. The summed E-state index contributed by atoms with van der Waals surface area (Å²) in [7, 11) is 0. The van der Waals surface area contributed by atoms with Crippen molar-refractivity contribution in [1.29, 1.82) is 0 Å². The number of hydrogen-bond acceptors (Lipinski definition) is 2. The number of nitrogens with zero attached hydrogens (tertiary/aromatic N) is 1. The van der Waals surface area contributed by atoms with Gasteiger partial charge in [0.1, 0.15) is 5.82 Å². The first-order valence-corrected chi connectivity index (χ1v) is 10.4. The molecule has 2 aromatic carbocycles. The van der Waals surface area contributed by atoms with Gasteiger partial charge in [-0.05, 0) is 61.9 Å². The number of hydrogen-bond donors (Lipinski definition) is 1. The Morgan fingerprint density at radius 2 is 1.74 bits per heavy atom. The minimum Gasteiger partial charge on any atom is -0.398 e. The maximum absolute atomic E-state index is 15.0. The average Bonchev–Trinajstić information content (AvgIpc) is 3.44. The van der Waals surface area contributed by atoms with E-state index < -0.39 is 0 Å². The normalized spacial score (nSPS) is 28.6. The van der Waals surface area contributed by atoms with Crippen LogP contribution in [0.1, 0.15) is 62.1 Å². The van der Waals surface area contributed by atoms with Gasteiger partial charge in [-0.25, -0.2) is 4.39 Å². The summed E-state index contributed by atoms with van der Waals surface area (Å²) in [6, 6.07) is 13.0. The van der Waals surface area contributed by atoms with Crippen LogP contribution in [-0.2, 0) is 6.42 Å². The summed E-state index contributed by atoms with van der Waals surface area (Å²) < 4.78 is 15.0. The molecule has 1 aliphatic heterocycles. The van der Waals surface area contributed by atoms with E-state index in [0.29, 0.717) is 17.6 Å². The van der Waals surface area contributed by atoms with Gasteiger partial charge < -0.3 is 5.73 Å². The fourth-order valence-corrected chi connectivity index (χ4v) is 5.39. The topological polar surface area (TPSA) is 29.3 Å². The van der Waals surface area contributed by atoms with Crippen molar-refractivity contribution in [3.8, 4) is 0 Å². The monoisotopic (exact) mass is 386 g/mol. The molecule has 4 heteroatoms. The van der Waals surface area contributed by atoms with Crippen LogP contribution >= 0.6 is 11.6 Å². The average molecular weight is 387 g/mol. The molecule has 0 spiro atoms. The van der Waals surface area contributed by atoms with E-state index in [1.165, 1.54) is 18.4 Å². The lowest BCUT2D eigenvalue weighted by molar-refractivity contribution is 0.195. The van der Waals surface area contributed by atoms with Crippen LogP contribution in [0.25, 0.3) is 0 Å². The van der Waals surface area contributed by atoms with E-state index in [2.05, 4.69) is 43.9 Å². The highest BCUT2D eigenvalue weighted by atomic mass is 35.5. The molecule has 0 aromatic heterocycles. The molecule has 1 saturated carbocycles. The van der Waals surface area contributed by atoms with Gasteiger partial charge in [-0.2, -0.15) is 0 Å². The van der Waals surface area contributed by atoms with Crippen LogP contribution in [0.5, 0.6) is 0 Å². The first-order valence-electron chi connectivity index (χ1n) is 10.0. The minimum absolute atomic E-state index is 0.0362. The van der Waals surface area contributed by atoms with E-state index >= 15 is 4.39 Å². The Balaban J connectivity index is 1.84. The Labute approximate surface area is 166 Å². The van der Waals surface area contributed by atoms with E-state index in [0.717, 1.165) is 17.7 Å². The highest BCUT2D eigenvalue weighted by molar-refractivity contribution is 6.30. The molecule has 2 fully saturated rings. The number of halogens is 2. The predicted octanol–water partition coefficient (Wildman–Crippen LogP) is 5.75. The minimum atomic E-state index is -0.283. The lowest BCUT2D eigenvalue weighted by atomic mass is 9.77. The van der Waals surface area contributed by atoms with Crippen molar-refractivity contribution in [2.45, 2.75) is 70.0 Å². The molecule has 2 N–H and O–H groups in total. The number of rotatable bonds is 4. The highest BCUT2D eigenvalue weighted by Crippen LogP contribution is 2.53. The lowest BCUT2D eigenvalue weighted by Gasteiger charge is -2.27. The quantitative estimate of drug-likeness (QED) is 0.678. The summed E-state index contributed by atoms with van der Waals surface area (Å²) in [6.45, 7) is 6.64. The Bertz CT molecular complexity index is 848. The zero-order valence-electron chi connectivity index (χ0n) is 16.3. The molecule has 4 atom stereocenters. The van der Waals surface area contributed by atoms with Crippen LogP contribution in [-0.4, -0.2) is 23.0 Å². The maximum atomic E-state index is 15.0. The molecule has 0 bridgehead atoms. The number of nitrogen functional groups attached to an aromatic ring is 1. The molecular formula is C23H28ClFN2. The van der Waals surface area contributed by atoms with Crippen LogP contribution in [0.3, 0.4) is 0 Å². The second kappa shape index (κ2) is 7.10. The summed E-state index contributed by atoms with van der Waals surface area (Å²) in [5, 5.41) is 0.199. The van der Waals surface area contributed by atoms with E-state index in [9.17, 15) is 0 Å². The van der Waals surface area contributed by atoms with E-state index in [-0.39, 0.29) is 28.7 Å². The summed E-state index contributed by atoms with van der Waals surface area (Å²) in [4.78, 5) is 2.59. The van der Waals surface area contributed by atoms with Gasteiger partial charge in [0.2, 0.25) is 0 Å².